The maximum atomic E-state index is 12.5. The van der Waals surface area contributed by atoms with Crippen molar-refractivity contribution < 1.29 is 38.0 Å². The Balaban J connectivity index is 1.72. The number of esters is 2. The van der Waals surface area contributed by atoms with E-state index in [9.17, 15) is 9.59 Å². The van der Waals surface area contributed by atoms with Gasteiger partial charge in [-0.1, -0.05) is 85.6 Å². The summed E-state index contributed by atoms with van der Waals surface area (Å²) in [6.45, 7) is 19.0. The molecule has 258 valence electrons. The molecule has 0 aliphatic heterocycles. The summed E-state index contributed by atoms with van der Waals surface area (Å²) in [4.78, 5) is 27.2. The van der Waals surface area contributed by atoms with Gasteiger partial charge in [0.2, 0.25) is 0 Å². The Hall–Kier alpha value is -4.57. The average molecular weight is 685 g/mol. The lowest BCUT2D eigenvalue weighted by Gasteiger charge is -2.27. The van der Waals surface area contributed by atoms with E-state index in [0.29, 0.717) is 37.6 Å². The number of rotatable bonds is 20. The van der Waals surface area contributed by atoms with Gasteiger partial charge in [-0.05, 0) is 37.3 Å². The molecular formula is C40H44O8S. The molecule has 0 amide bonds. The fraction of sp³-hybridized carbons (Fsp3) is 0.300. The largest absolute Gasteiger partial charge is 0.489 e. The van der Waals surface area contributed by atoms with Crippen LogP contribution in [0.5, 0.6) is 11.5 Å². The molecule has 0 heterocycles. The fourth-order valence-electron chi connectivity index (χ4n) is 5.05. The standard InChI is InChI=1S/C40H44O8S/c1-7-20-43-23-29(47-39(41)27(3)4)25-45-37-33-16-12-13-17-34(33)38(46-26-30(24-44-21-8-2)48-40(42)28(5)6)36-22-32(18-19-35(36)37)49-31-14-10-9-11-15-31/h7-18,29-30H,1-3,5,19-26H2,4,6H3. The molecular weight excluding hydrogens is 640 g/mol. The zero-order valence-corrected chi connectivity index (χ0v) is 29.1. The highest BCUT2D eigenvalue weighted by Crippen LogP contribution is 2.46. The molecule has 0 bridgehead atoms. The van der Waals surface area contributed by atoms with Crippen LogP contribution >= 0.6 is 11.8 Å². The van der Waals surface area contributed by atoms with Crippen LogP contribution in [0.4, 0.5) is 0 Å². The number of hydrogen-bond donors (Lipinski definition) is 0. The van der Waals surface area contributed by atoms with Crippen molar-refractivity contribution in [1.82, 2.24) is 0 Å². The van der Waals surface area contributed by atoms with Crippen molar-refractivity contribution in [1.29, 1.82) is 0 Å². The summed E-state index contributed by atoms with van der Waals surface area (Å²) in [5.41, 5.74) is 2.49. The number of carbonyl (C=O) groups is 2. The third kappa shape index (κ3) is 10.7. The SMILES string of the molecule is C=CCOCC(COc1c2c(c(OCC(COCC=C)OC(=O)C(=C)C)c3ccccc13)CC(Sc1ccccc1)=CC2)OC(=O)C(=C)C. The number of hydrogen-bond acceptors (Lipinski definition) is 9. The Morgan fingerprint density at radius 3 is 1.71 bits per heavy atom. The van der Waals surface area contributed by atoms with E-state index in [1.807, 2.05) is 42.5 Å². The summed E-state index contributed by atoms with van der Waals surface area (Å²) in [6, 6.07) is 18.0. The minimum absolute atomic E-state index is 0.0528. The topological polar surface area (TPSA) is 89.5 Å². The second-order valence-electron chi connectivity index (χ2n) is 11.5. The second kappa shape index (κ2) is 18.8. The third-order valence-corrected chi connectivity index (χ3v) is 8.44. The summed E-state index contributed by atoms with van der Waals surface area (Å²) in [7, 11) is 0. The van der Waals surface area contributed by atoms with Gasteiger partial charge in [-0.3, -0.25) is 0 Å². The van der Waals surface area contributed by atoms with Crippen LogP contribution in [0, 0.1) is 0 Å². The van der Waals surface area contributed by atoms with Crippen molar-refractivity contribution in [3.8, 4) is 11.5 Å². The molecule has 2 unspecified atom stereocenters. The highest BCUT2D eigenvalue weighted by Gasteiger charge is 2.27. The maximum absolute atomic E-state index is 12.5. The summed E-state index contributed by atoms with van der Waals surface area (Å²) in [5.74, 6) is 0.320. The van der Waals surface area contributed by atoms with Gasteiger partial charge in [-0.2, -0.15) is 0 Å². The smallest absolute Gasteiger partial charge is 0.333 e. The lowest BCUT2D eigenvalue weighted by atomic mass is 9.90. The first-order valence-corrected chi connectivity index (χ1v) is 16.9. The quantitative estimate of drug-likeness (QED) is 0.0513. The van der Waals surface area contributed by atoms with Gasteiger partial charge in [0.1, 0.15) is 24.7 Å². The zero-order valence-electron chi connectivity index (χ0n) is 28.2. The van der Waals surface area contributed by atoms with E-state index < -0.39 is 24.1 Å². The van der Waals surface area contributed by atoms with E-state index in [0.717, 1.165) is 31.7 Å². The molecule has 49 heavy (non-hydrogen) atoms. The van der Waals surface area contributed by atoms with Gasteiger partial charge in [0.15, 0.2) is 12.2 Å². The number of benzene rings is 3. The Morgan fingerprint density at radius 1 is 0.735 bits per heavy atom. The molecule has 4 rings (SSSR count). The number of carbonyl (C=O) groups excluding carboxylic acids is 2. The normalized spacial score (nSPS) is 13.3. The molecule has 0 fully saturated rings. The Morgan fingerprint density at radius 2 is 1.22 bits per heavy atom. The van der Waals surface area contributed by atoms with E-state index in [2.05, 4.69) is 44.5 Å². The van der Waals surface area contributed by atoms with Crippen LogP contribution in [0.3, 0.4) is 0 Å². The predicted octanol–water partition coefficient (Wildman–Crippen LogP) is 7.75. The number of allylic oxidation sites excluding steroid dienone is 2. The first-order chi connectivity index (χ1) is 23.7. The van der Waals surface area contributed by atoms with Crippen LogP contribution in [-0.2, 0) is 41.4 Å². The Labute approximate surface area is 293 Å². The number of ether oxygens (including phenoxy) is 6. The van der Waals surface area contributed by atoms with Gasteiger partial charge < -0.3 is 28.4 Å². The van der Waals surface area contributed by atoms with Crippen LogP contribution in [0.1, 0.15) is 25.0 Å². The predicted molar refractivity (Wildman–Crippen MR) is 194 cm³/mol. The van der Waals surface area contributed by atoms with Crippen molar-refractivity contribution in [2.75, 3.05) is 39.6 Å². The van der Waals surface area contributed by atoms with Crippen LogP contribution in [0.15, 0.2) is 120 Å². The van der Waals surface area contributed by atoms with Gasteiger partial charge in [0.25, 0.3) is 0 Å². The molecule has 0 aromatic heterocycles. The van der Waals surface area contributed by atoms with Crippen LogP contribution in [0.2, 0.25) is 0 Å². The molecule has 0 N–H and O–H groups in total. The monoisotopic (exact) mass is 684 g/mol. The van der Waals surface area contributed by atoms with Gasteiger partial charge in [-0.25, -0.2) is 9.59 Å². The van der Waals surface area contributed by atoms with Crippen molar-refractivity contribution in [2.24, 2.45) is 0 Å². The first kappa shape index (κ1) is 37.3. The molecule has 0 radical (unpaired) electrons. The lowest BCUT2D eigenvalue weighted by Crippen LogP contribution is -2.31. The van der Waals surface area contributed by atoms with E-state index >= 15 is 0 Å². The van der Waals surface area contributed by atoms with E-state index in [4.69, 9.17) is 28.4 Å². The Kier molecular flexibility index (Phi) is 14.3. The van der Waals surface area contributed by atoms with Gasteiger partial charge >= 0.3 is 11.9 Å². The van der Waals surface area contributed by atoms with Crippen molar-refractivity contribution in [3.63, 3.8) is 0 Å². The molecule has 3 aromatic rings. The molecule has 9 heteroatoms. The highest BCUT2D eigenvalue weighted by atomic mass is 32.2. The van der Waals surface area contributed by atoms with Gasteiger partial charge in [0, 0.05) is 44.4 Å². The maximum Gasteiger partial charge on any atom is 0.333 e. The number of thioether (sulfide) groups is 1. The second-order valence-corrected chi connectivity index (χ2v) is 12.7. The average Bonchev–Trinajstić information content (AvgIpc) is 3.09. The molecule has 1 aliphatic rings. The minimum Gasteiger partial charge on any atom is -0.489 e. The van der Waals surface area contributed by atoms with Crippen molar-refractivity contribution in [3.05, 3.63) is 126 Å². The third-order valence-electron chi connectivity index (χ3n) is 7.36. The molecule has 0 saturated heterocycles. The zero-order chi connectivity index (χ0) is 35.2. The first-order valence-electron chi connectivity index (χ1n) is 16.1. The molecule has 0 spiro atoms. The molecule has 3 aromatic carbocycles. The van der Waals surface area contributed by atoms with Crippen LogP contribution < -0.4 is 9.47 Å². The summed E-state index contributed by atoms with van der Waals surface area (Å²) >= 11 is 1.70. The summed E-state index contributed by atoms with van der Waals surface area (Å²) < 4.78 is 35.8. The van der Waals surface area contributed by atoms with E-state index in [1.54, 1.807) is 37.8 Å². The minimum atomic E-state index is -0.689. The summed E-state index contributed by atoms with van der Waals surface area (Å²) in [6.07, 6.45) is 5.27. The highest BCUT2D eigenvalue weighted by molar-refractivity contribution is 8.03. The van der Waals surface area contributed by atoms with E-state index in [-0.39, 0.29) is 37.6 Å². The fourth-order valence-corrected chi connectivity index (χ4v) is 6.02. The Bertz CT molecular complexity index is 1690. The molecule has 1 aliphatic carbocycles. The van der Waals surface area contributed by atoms with Crippen LogP contribution in [-0.4, -0.2) is 63.8 Å². The molecule has 0 saturated carbocycles. The van der Waals surface area contributed by atoms with Gasteiger partial charge in [0.05, 0.1) is 26.4 Å². The van der Waals surface area contributed by atoms with Gasteiger partial charge in [-0.15, -0.1) is 13.2 Å². The van der Waals surface area contributed by atoms with E-state index in [1.165, 1.54) is 0 Å². The molecule has 8 nitrogen and oxygen atoms in total. The van der Waals surface area contributed by atoms with Crippen molar-refractivity contribution >= 4 is 34.5 Å². The number of fused-ring (bicyclic) bond motifs is 2. The lowest BCUT2D eigenvalue weighted by molar-refractivity contribution is -0.149. The molecule has 2 atom stereocenters. The van der Waals surface area contributed by atoms with Crippen molar-refractivity contribution in [2.45, 2.75) is 43.8 Å². The summed E-state index contributed by atoms with van der Waals surface area (Å²) in [5, 5.41) is 1.66. The van der Waals surface area contributed by atoms with Crippen LogP contribution in [0.25, 0.3) is 10.8 Å².